The van der Waals surface area contributed by atoms with Crippen molar-refractivity contribution in [1.29, 1.82) is 0 Å². The molecule has 0 radical (unpaired) electrons. The number of methoxy groups -OCH3 is 1. The van der Waals surface area contributed by atoms with Crippen LogP contribution in [0, 0.1) is 13.8 Å². The molecule has 2 rings (SSSR count). The highest BCUT2D eigenvalue weighted by molar-refractivity contribution is 9.10. The zero-order valence-corrected chi connectivity index (χ0v) is 13.9. The van der Waals surface area contributed by atoms with Crippen LogP contribution >= 0.6 is 15.9 Å². The van der Waals surface area contributed by atoms with Gasteiger partial charge in [-0.3, -0.25) is 0 Å². The molecule has 0 saturated heterocycles. The average molecular weight is 338 g/mol. The van der Waals surface area contributed by atoms with Gasteiger partial charge in [0.05, 0.1) is 13.2 Å². The van der Waals surface area contributed by atoms with Crippen molar-refractivity contribution in [2.45, 2.75) is 26.8 Å². The summed E-state index contributed by atoms with van der Waals surface area (Å²) in [7, 11) is 1.70. The number of rotatable bonds is 5. The minimum atomic E-state index is 0.0699. The van der Waals surface area contributed by atoms with E-state index < -0.39 is 0 Å². The van der Waals surface area contributed by atoms with Crippen LogP contribution in [0.3, 0.4) is 0 Å². The molecule has 0 aliphatic rings. The van der Waals surface area contributed by atoms with Crippen molar-refractivity contribution < 1.29 is 9.15 Å². The van der Waals surface area contributed by atoms with Crippen LogP contribution in [-0.2, 0) is 0 Å². The Morgan fingerprint density at radius 2 is 2.00 bits per heavy atom. The number of halogens is 1. The second-order valence-electron chi connectivity index (χ2n) is 4.75. The fourth-order valence-corrected chi connectivity index (χ4v) is 2.79. The molecule has 1 N–H and O–H groups in total. The molecule has 0 amide bonds. The molecule has 108 valence electrons. The van der Waals surface area contributed by atoms with E-state index in [1.807, 2.05) is 26.0 Å². The van der Waals surface area contributed by atoms with Crippen molar-refractivity contribution in [1.82, 2.24) is 5.32 Å². The molecule has 1 aromatic carbocycles. The second-order valence-corrected chi connectivity index (χ2v) is 5.66. The first-order chi connectivity index (χ1) is 9.56. The first-order valence-corrected chi connectivity index (χ1v) is 7.49. The lowest BCUT2D eigenvalue weighted by molar-refractivity contribution is 0.403. The van der Waals surface area contributed by atoms with Crippen LogP contribution in [0.15, 0.2) is 33.2 Å². The largest absolute Gasteiger partial charge is 0.496 e. The van der Waals surface area contributed by atoms with Gasteiger partial charge >= 0.3 is 0 Å². The number of hydrogen-bond donors (Lipinski definition) is 1. The standard InChI is InChI=1S/C16H20BrNO2/c1-5-18-16(14-8-10(2)20-11(14)3)13-7-6-12(17)9-15(13)19-4/h6-9,16,18H,5H2,1-4H3. The Balaban J connectivity index is 2.51. The molecule has 0 aliphatic carbocycles. The van der Waals surface area contributed by atoms with E-state index in [0.717, 1.165) is 39.4 Å². The third-order valence-electron chi connectivity index (χ3n) is 3.31. The van der Waals surface area contributed by atoms with Gasteiger partial charge in [-0.25, -0.2) is 0 Å². The first kappa shape index (κ1) is 15.1. The van der Waals surface area contributed by atoms with Crippen molar-refractivity contribution in [3.63, 3.8) is 0 Å². The summed E-state index contributed by atoms with van der Waals surface area (Å²) in [4.78, 5) is 0. The highest BCUT2D eigenvalue weighted by atomic mass is 79.9. The fraction of sp³-hybridized carbons (Fsp3) is 0.375. The van der Waals surface area contributed by atoms with E-state index in [4.69, 9.17) is 9.15 Å². The average Bonchev–Trinajstić information content (AvgIpc) is 2.75. The molecule has 0 bridgehead atoms. The van der Waals surface area contributed by atoms with Gasteiger partial charge in [0.1, 0.15) is 17.3 Å². The Bertz CT molecular complexity index is 592. The monoisotopic (exact) mass is 337 g/mol. The van der Waals surface area contributed by atoms with E-state index in [-0.39, 0.29) is 6.04 Å². The molecular weight excluding hydrogens is 318 g/mol. The minimum Gasteiger partial charge on any atom is -0.496 e. The van der Waals surface area contributed by atoms with Crippen molar-refractivity contribution >= 4 is 15.9 Å². The van der Waals surface area contributed by atoms with Crippen molar-refractivity contribution in [3.05, 3.63) is 51.4 Å². The fourth-order valence-electron chi connectivity index (χ4n) is 2.45. The van der Waals surface area contributed by atoms with Gasteiger partial charge in [-0.15, -0.1) is 0 Å². The van der Waals surface area contributed by atoms with Gasteiger partial charge in [0.15, 0.2) is 0 Å². The molecule has 0 spiro atoms. The molecular formula is C16H20BrNO2. The number of benzene rings is 1. The molecule has 0 fully saturated rings. The number of aryl methyl sites for hydroxylation is 2. The lowest BCUT2D eigenvalue weighted by Gasteiger charge is -2.20. The van der Waals surface area contributed by atoms with E-state index in [0.29, 0.717) is 0 Å². The summed E-state index contributed by atoms with van der Waals surface area (Å²) in [6, 6.07) is 8.26. The van der Waals surface area contributed by atoms with E-state index in [1.165, 1.54) is 0 Å². The van der Waals surface area contributed by atoms with Crippen molar-refractivity contribution in [2.75, 3.05) is 13.7 Å². The molecule has 20 heavy (non-hydrogen) atoms. The second kappa shape index (κ2) is 6.46. The maximum absolute atomic E-state index is 5.67. The van der Waals surface area contributed by atoms with E-state index in [2.05, 4.69) is 40.3 Å². The Hall–Kier alpha value is -1.26. The third kappa shape index (κ3) is 3.07. The summed E-state index contributed by atoms with van der Waals surface area (Å²) in [5, 5.41) is 3.51. The van der Waals surface area contributed by atoms with Crippen LogP contribution in [0.1, 0.15) is 35.6 Å². The lowest BCUT2D eigenvalue weighted by Crippen LogP contribution is -2.22. The highest BCUT2D eigenvalue weighted by Crippen LogP contribution is 2.34. The van der Waals surface area contributed by atoms with Crippen molar-refractivity contribution in [2.24, 2.45) is 0 Å². The van der Waals surface area contributed by atoms with Crippen LogP contribution in [0.25, 0.3) is 0 Å². The molecule has 1 unspecified atom stereocenters. The van der Waals surface area contributed by atoms with Gasteiger partial charge in [0.2, 0.25) is 0 Å². The highest BCUT2D eigenvalue weighted by Gasteiger charge is 2.21. The molecule has 2 aromatic rings. The molecule has 3 nitrogen and oxygen atoms in total. The number of hydrogen-bond acceptors (Lipinski definition) is 3. The maximum Gasteiger partial charge on any atom is 0.125 e. The topological polar surface area (TPSA) is 34.4 Å². The Kier molecular flexibility index (Phi) is 4.89. The number of nitrogens with one attached hydrogen (secondary N) is 1. The number of ether oxygens (including phenoxy) is 1. The van der Waals surface area contributed by atoms with E-state index in [1.54, 1.807) is 7.11 Å². The molecule has 0 saturated carbocycles. The van der Waals surface area contributed by atoms with Crippen LogP contribution < -0.4 is 10.1 Å². The van der Waals surface area contributed by atoms with Gasteiger partial charge in [0, 0.05) is 15.6 Å². The van der Waals surface area contributed by atoms with Gasteiger partial charge < -0.3 is 14.5 Å². The molecule has 0 aliphatic heterocycles. The smallest absolute Gasteiger partial charge is 0.125 e. The zero-order chi connectivity index (χ0) is 14.7. The third-order valence-corrected chi connectivity index (χ3v) is 3.80. The molecule has 1 heterocycles. The quantitative estimate of drug-likeness (QED) is 0.879. The van der Waals surface area contributed by atoms with Crippen LogP contribution in [0.2, 0.25) is 0 Å². The summed E-state index contributed by atoms with van der Waals surface area (Å²) < 4.78 is 12.2. The van der Waals surface area contributed by atoms with Crippen molar-refractivity contribution in [3.8, 4) is 5.75 Å². The van der Waals surface area contributed by atoms with Gasteiger partial charge in [-0.05, 0) is 38.6 Å². The van der Waals surface area contributed by atoms with Crippen LogP contribution in [0.5, 0.6) is 5.75 Å². The summed E-state index contributed by atoms with van der Waals surface area (Å²) in [6.07, 6.45) is 0. The van der Waals surface area contributed by atoms with Crippen LogP contribution in [0.4, 0.5) is 0 Å². The summed E-state index contributed by atoms with van der Waals surface area (Å²) in [5.74, 6) is 2.73. The Morgan fingerprint density at radius 3 is 2.55 bits per heavy atom. The minimum absolute atomic E-state index is 0.0699. The summed E-state index contributed by atoms with van der Waals surface area (Å²) in [6.45, 7) is 6.94. The molecule has 1 aromatic heterocycles. The predicted molar refractivity (Wildman–Crippen MR) is 84.4 cm³/mol. The normalized spacial score (nSPS) is 12.4. The Morgan fingerprint density at radius 1 is 1.25 bits per heavy atom. The van der Waals surface area contributed by atoms with E-state index >= 15 is 0 Å². The lowest BCUT2D eigenvalue weighted by atomic mass is 9.98. The SMILES string of the molecule is CCNC(c1ccc(Br)cc1OC)c1cc(C)oc1C. The summed E-state index contributed by atoms with van der Waals surface area (Å²) >= 11 is 3.48. The predicted octanol–water partition coefficient (Wildman–Crippen LogP) is 4.37. The number of furan rings is 1. The van der Waals surface area contributed by atoms with Crippen LogP contribution in [-0.4, -0.2) is 13.7 Å². The Labute approximate surface area is 128 Å². The van der Waals surface area contributed by atoms with E-state index in [9.17, 15) is 0 Å². The molecule has 4 heteroatoms. The maximum atomic E-state index is 5.67. The summed E-state index contributed by atoms with van der Waals surface area (Å²) in [5.41, 5.74) is 2.27. The molecule has 1 atom stereocenters. The van der Waals surface area contributed by atoms with Gasteiger partial charge in [0.25, 0.3) is 0 Å². The van der Waals surface area contributed by atoms with Gasteiger partial charge in [-0.1, -0.05) is 28.9 Å². The van der Waals surface area contributed by atoms with Gasteiger partial charge in [-0.2, -0.15) is 0 Å². The zero-order valence-electron chi connectivity index (χ0n) is 12.3. The first-order valence-electron chi connectivity index (χ1n) is 6.70.